The average molecular weight is 435 g/mol. The van der Waals surface area contributed by atoms with Crippen LogP contribution in [-0.2, 0) is 14.3 Å². The highest BCUT2D eigenvalue weighted by Gasteiger charge is 2.12. The summed E-state index contributed by atoms with van der Waals surface area (Å²) >= 11 is 0. The summed E-state index contributed by atoms with van der Waals surface area (Å²) in [5.74, 6) is 0.370. The largest absolute Gasteiger partial charge is 0.497 e. The number of nitrogens with one attached hydrogen (secondary N) is 1. The lowest BCUT2D eigenvalue weighted by molar-refractivity contribution is -0.149. The minimum Gasteiger partial charge on any atom is -0.497 e. The quantitative estimate of drug-likeness (QED) is 0.415. The second-order valence-electron chi connectivity index (χ2n) is 6.86. The molecule has 4 aromatic rings. The Morgan fingerprint density at radius 2 is 1.53 bits per heavy atom. The molecule has 3 aromatic carbocycles. The van der Waals surface area contributed by atoms with Crippen LogP contribution in [0.25, 0.3) is 21.9 Å². The van der Waals surface area contributed by atoms with Crippen molar-refractivity contribution in [3.63, 3.8) is 0 Å². The van der Waals surface area contributed by atoms with E-state index in [-0.39, 0.29) is 6.61 Å². The molecule has 1 heterocycles. The highest BCUT2D eigenvalue weighted by molar-refractivity contribution is 6.05. The summed E-state index contributed by atoms with van der Waals surface area (Å²) in [6, 6.07) is 17.9. The van der Waals surface area contributed by atoms with Crippen LogP contribution >= 0.6 is 0 Å². The number of fused-ring (bicyclic) bond motifs is 3. The summed E-state index contributed by atoms with van der Waals surface area (Å²) in [5, 5.41) is 4.48. The Labute approximate surface area is 183 Å². The third-order valence-electron chi connectivity index (χ3n) is 4.70. The predicted molar refractivity (Wildman–Crippen MR) is 118 cm³/mol. The summed E-state index contributed by atoms with van der Waals surface area (Å²) in [6.07, 6.45) is 0. The van der Waals surface area contributed by atoms with Crippen LogP contribution in [0.2, 0.25) is 0 Å². The molecular formula is C24H21NO7. The summed E-state index contributed by atoms with van der Waals surface area (Å²) in [4.78, 5) is 24.1. The number of rotatable bonds is 8. The van der Waals surface area contributed by atoms with E-state index < -0.39 is 18.5 Å². The van der Waals surface area contributed by atoms with Gasteiger partial charge in [0.25, 0.3) is 5.91 Å². The highest BCUT2D eigenvalue weighted by atomic mass is 16.6. The Kier molecular flexibility index (Phi) is 6.12. The van der Waals surface area contributed by atoms with E-state index in [1.807, 2.05) is 24.3 Å². The maximum atomic E-state index is 12.1. The molecule has 0 aliphatic carbocycles. The first-order chi connectivity index (χ1) is 15.6. The standard InChI is InChI=1S/C24H21NO7/c1-28-17-9-15(10-18(11-17)29-2)25-23(26)13-31-24(27)14-30-16-7-8-22-20(12-16)19-5-3-4-6-21(19)32-22/h3-12H,13-14H2,1-2H3,(H,25,26). The van der Waals surface area contributed by atoms with Gasteiger partial charge in [0.05, 0.1) is 14.2 Å². The zero-order valence-electron chi connectivity index (χ0n) is 17.5. The molecule has 164 valence electrons. The number of benzene rings is 3. The number of carbonyl (C=O) groups is 2. The van der Waals surface area contributed by atoms with Gasteiger partial charge in [-0.15, -0.1) is 0 Å². The molecule has 8 nitrogen and oxygen atoms in total. The van der Waals surface area contributed by atoms with Crippen molar-refractivity contribution in [2.45, 2.75) is 0 Å². The summed E-state index contributed by atoms with van der Waals surface area (Å²) in [6.45, 7) is -0.783. The molecule has 0 bridgehead atoms. The number of methoxy groups -OCH3 is 2. The first-order valence-electron chi connectivity index (χ1n) is 9.78. The summed E-state index contributed by atoms with van der Waals surface area (Å²) in [7, 11) is 3.02. The Hall–Kier alpha value is -4.20. The maximum Gasteiger partial charge on any atom is 0.344 e. The molecule has 0 atom stereocenters. The lowest BCUT2D eigenvalue weighted by atomic mass is 10.1. The Balaban J connectivity index is 1.30. The van der Waals surface area contributed by atoms with E-state index in [9.17, 15) is 9.59 Å². The molecule has 0 saturated carbocycles. The number of ether oxygens (including phenoxy) is 4. The number of esters is 1. The average Bonchev–Trinajstić information content (AvgIpc) is 3.19. The smallest absolute Gasteiger partial charge is 0.344 e. The third kappa shape index (κ3) is 4.75. The van der Waals surface area contributed by atoms with Crippen molar-refractivity contribution < 1.29 is 33.0 Å². The van der Waals surface area contributed by atoms with Crippen molar-refractivity contribution in [3.8, 4) is 17.2 Å². The second-order valence-corrected chi connectivity index (χ2v) is 6.86. The zero-order chi connectivity index (χ0) is 22.5. The Bertz CT molecular complexity index is 1260. The van der Waals surface area contributed by atoms with Gasteiger partial charge in [0, 0.05) is 34.7 Å². The maximum absolute atomic E-state index is 12.1. The molecule has 0 aliphatic heterocycles. The molecule has 4 rings (SSSR count). The minimum atomic E-state index is -0.666. The second kappa shape index (κ2) is 9.30. The molecule has 0 fully saturated rings. The van der Waals surface area contributed by atoms with Crippen molar-refractivity contribution in [2.75, 3.05) is 32.8 Å². The molecule has 0 spiro atoms. The van der Waals surface area contributed by atoms with E-state index in [2.05, 4.69) is 5.32 Å². The molecule has 1 aromatic heterocycles. The van der Waals surface area contributed by atoms with Gasteiger partial charge in [-0.1, -0.05) is 18.2 Å². The zero-order valence-corrected chi connectivity index (χ0v) is 17.5. The molecule has 8 heteroatoms. The van der Waals surface area contributed by atoms with E-state index in [1.165, 1.54) is 14.2 Å². The van der Waals surface area contributed by atoms with E-state index in [4.69, 9.17) is 23.4 Å². The first kappa shape index (κ1) is 21.0. The Morgan fingerprint density at radius 3 is 2.28 bits per heavy atom. The van der Waals surface area contributed by atoms with Gasteiger partial charge in [-0.2, -0.15) is 0 Å². The molecule has 0 saturated heterocycles. The van der Waals surface area contributed by atoms with E-state index in [0.29, 0.717) is 22.9 Å². The molecule has 1 amide bonds. The van der Waals surface area contributed by atoms with Crippen LogP contribution in [0, 0.1) is 0 Å². The summed E-state index contributed by atoms with van der Waals surface area (Å²) in [5.41, 5.74) is 1.96. The SMILES string of the molecule is COc1cc(NC(=O)COC(=O)COc2ccc3oc4ccccc4c3c2)cc(OC)c1. The van der Waals surface area contributed by atoms with Crippen LogP contribution in [0.15, 0.2) is 65.1 Å². The number of hydrogen-bond acceptors (Lipinski definition) is 7. The van der Waals surface area contributed by atoms with Crippen molar-refractivity contribution >= 4 is 39.5 Å². The third-order valence-corrected chi connectivity index (χ3v) is 4.70. The van der Waals surface area contributed by atoms with E-state index in [1.54, 1.807) is 36.4 Å². The van der Waals surface area contributed by atoms with Gasteiger partial charge < -0.3 is 28.7 Å². The van der Waals surface area contributed by atoms with Crippen molar-refractivity contribution in [3.05, 3.63) is 60.7 Å². The van der Waals surface area contributed by atoms with Crippen LogP contribution in [-0.4, -0.2) is 39.3 Å². The van der Waals surface area contributed by atoms with Gasteiger partial charge in [0.2, 0.25) is 0 Å². The normalized spacial score (nSPS) is 10.7. The highest BCUT2D eigenvalue weighted by Crippen LogP contribution is 2.31. The van der Waals surface area contributed by atoms with Crippen LogP contribution in [0.3, 0.4) is 0 Å². The fraction of sp³-hybridized carbons (Fsp3) is 0.167. The number of hydrogen-bond donors (Lipinski definition) is 1. The molecule has 32 heavy (non-hydrogen) atoms. The molecule has 1 N–H and O–H groups in total. The first-order valence-corrected chi connectivity index (χ1v) is 9.78. The Morgan fingerprint density at radius 1 is 0.812 bits per heavy atom. The number of furan rings is 1. The fourth-order valence-corrected chi connectivity index (χ4v) is 3.20. The molecule has 0 radical (unpaired) electrons. The van der Waals surface area contributed by atoms with Crippen LogP contribution in [0.1, 0.15) is 0 Å². The fourth-order valence-electron chi connectivity index (χ4n) is 3.20. The molecule has 0 unspecified atom stereocenters. The van der Waals surface area contributed by atoms with Crippen molar-refractivity contribution in [2.24, 2.45) is 0 Å². The van der Waals surface area contributed by atoms with Gasteiger partial charge in [0.1, 0.15) is 28.4 Å². The van der Waals surface area contributed by atoms with Crippen molar-refractivity contribution in [1.82, 2.24) is 0 Å². The summed E-state index contributed by atoms with van der Waals surface area (Å²) < 4.78 is 26.6. The van der Waals surface area contributed by atoms with E-state index >= 15 is 0 Å². The van der Waals surface area contributed by atoms with Gasteiger partial charge in [0.15, 0.2) is 13.2 Å². The number of carbonyl (C=O) groups excluding carboxylic acids is 2. The topological polar surface area (TPSA) is 96.2 Å². The molecule has 0 aliphatic rings. The van der Waals surface area contributed by atoms with Crippen molar-refractivity contribution in [1.29, 1.82) is 0 Å². The number of para-hydroxylation sites is 1. The van der Waals surface area contributed by atoms with Crippen LogP contribution in [0.5, 0.6) is 17.2 Å². The van der Waals surface area contributed by atoms with Gasteiger partial charge in [-0.3, -0.25) is 4.79 Å². The molecular weight excluding hydrogens is 414 g/mol. The van der Waals surface area contributed by atoms with Gasteiger partial charge >= 0.3 is 5.97 Å². The number of amides is 1. The van der Waals surface area contributed by atoms with Gasteiger partial charge in [-0.05, 0) is 24.3 Å². The minimum absolute atomic E-state index is 0.332. The number of anilines is 1. The van der Waals surface area contributed by atoms with E-state index in [0.717, 1.165) is 21.9 Å². The van der Waals surface area contributed by atoms with Crippen LogP contribution in [0.4, 0.5) is 5.69 Å². The van der Waals surface area contributed by atoms with Crippen LogP contribution < -0.4 is 19.5 Å². The predicted octanol–water partition coefficient (Wildman–Crippen LogP) is 4.16. The van der Waals surface area contributed by atoms with Gasteiger partial charge in [-0.25, -0.2) is 4.79 Å². The lowest BCUT2D eigenvalue weighted by Gasteiger charge is -2.10. The lowest BCUT2D eigenvalue weighted by Crippen LogP contribution is -2.23. The monoisotopic (exact) mass is 435 g/mol.